The van der Waals surface area contributed by atoms with Crippen LogP contribution in [0.5, 0.6) is 0 Å². The van der Waals surface area contributed by atoms with Crippen molar-refractivity contribution in [1.29, 1.82) is 0 Å². The van der Waals surface area contributed by atoms with Gasteiger partial charge in [0.15, 0.2) is 0 Å². The minimum absolute atomic E-state index is 0.493. The van der Waals surface area contributed by atoms with Crippen molar-refractivity contribution < 1.29 is 0 Å². The van der Waals surface area contributed by atoms with Gasteiger partial charge in [-0.05, 0) is 41.9 Å². The molecule has 1 fully saturated rings. The second-order valence-corrected chi connectivity index (χ2v) is 10.7. The molecular weight excluding hydrogens is 312 g/mol. The molecule has 0 aromatic carbocycles. The van der Waals surface area contributed by atoms with Crippen LogP contribution in [0.2, 0.25) is 0 Å². The smallest absolute Gasteiger partial charge is 0.0195 e. The molecule has 0 aliphatic heterocycles. The largest absolute Gasteiger partial charge is 0.0654 e. The van der Waals surface area contributed by atoms with Crippen molar-refractivity contribution in [3.05, 3.63) is 0 Å². The third-order valence-electron chi connectivity index (χ3n) is 8.11. The van der Waals surface area contributed by atoms with Gasteiger partial charge in [0.2, 0.25) is 0 Å². The Kier molecular flexibility index (Phi) is 10.9. The Balaban J connectivity index is 2.73. The van der Waals surface area contributed by atoms with Crippen LogP contribution in [-0.4, -0.2) is 0 Å². The average molecular weight is 365 g/mol. The summed E-state index contributed by atoms with van der Waals surface area (Å²) >= 11 is 0. The maximum absolute atomic E-state index is 2.64. The van der Waals surface area contributed by atoms with Gasteiger partial charge >= 0.3 is 0 Å². The zero-order valence-corrected chi connectivity index (χ0v) is 19.5. The Hall–Kier alpha value is 0. The zero-order valence-electron chi connectivity index (χ0n) is 19.5. The summed E-state index contributed by atoms with van der Waals surface area (Å²) in [7, 11) is 0. The first-order chi connectivity index (χ1) is 12.3. The summed E-state index contributed by atoms with van der Waals surface area (Å²) in [6.07, 6.45) is 24.5. The molecule has 0 amide bonds. The number of unbranched alkanes of at least 4 members (excludes halogenated alkanes) is 8. The highest BCUT2D eigenvalue weighted by molar-refractivity contribution is 5.03. The van der Waals surface area contributed by atoms with Gasteiger partial charge in [-0.15, -0.1) is 0 Å². The van der Waals surface area contributed by atoms with E-state index in [1.54, 1.807) is 0 Å². The molecule has 0 atom stereocenters. The molecule has 1 saturated carbocycles. The van der Waals surface area contributed by atoms with E-state index in [2.05, 4.69) is 41.5 Å². The van der Waals surface area contributed by atoms with Crippen LogP contribution >= 0.6 is 0 Å². The molecule has 156 valence electrons. The maximum Gasteiger partial charge on any atom is -0.0195 e. The first-order valence-corrected chi connectivity index (χ1v) is 12.3. The Labute approximate surface area is 167 Å². The molecule has 26 heavy (non-hydrogen) atoms. The molecule has 0 heterocycles. The van der Waals surface area contributed by atoms with Gasteiger partial charge in [-0.25, -0.2) is 0 Å². The van der Waals surface area contributed by atoms with Crippen molar-refractivity contribution in [2.75, 3.05) is 0 Å². The monoisotopic (exact) mass is 364 g/mol. The molecule has 1 aliphatic rings. The van der Waals surface area contributed by atoms with E-state index >= 15 is 0 Å². The lowest BCUT2D eigenvalue weighted by Gasteiger charge is -2.59. The van der Waals surface area contributed by atoms with E-state index in [4.69, 9.17) is 0 Å². The minimum Gasteiger partial charge on any atom is -0.0654 e. The van der Waals surface area contributed by atoms with E-state index in [-0.39, 0.29) is 0 Å². The molecule has 0 unspecified atom stereocenters. The van der Waals surface area contributed by atoms with Gasteiger partial charge in [0.1, 0.15) is 0 Å². The third kappa shape index (κ3) is 6.56. The van der Waals surface area contributed by atoms with Crippen LogP contribution in [0.15, 0.2) is 0 Å². The summed E-state index contributed by atoms with van der Waals surface area (Å²) in [6.45, 7) is 15.2. The predicted molar refractivity (Wildman–Crippen MR) is 120 cm³/mol. The number of rotatable bonds is 14. The summed E-state index contributed by atoms with van der Waals surface area (Å²) in [6, 6.07) is 0. The Morgan fingerprint density at radius 1 is 0.538 bits per heavy atom. The summed E-state index contributed by atoms with van der Waals surface area (Å²) in [5, 5.41) is 0. The van der Waals surface area contributed by atoms with Crippen molar-refractivity contribution >= 4 is 0 Å². The topological polar surface area (TPSA) is 0 Å². The van der Waals surface area contributed by atoms with Crippen LogP contribution in [0.4, 0.5) is 0 Å². The lowest BCUT2D eigenvalue weighted by molar-refractivity contribution is -0.0933. The highest BCUT2D eigenvalue weighted by Crippen LogP contribution is 2.63. The summed E-state index contributed by atoms with van der Waals surface area (Å²) in [4.78, 5) is 0. The third-order valence-corrected chi connectivity index (χ3v) is 8.11. The van der Waals surface area contributed by atoms with Gasteiger partial charge in [-0.2, -0.15) is 0 Å². The molecule has 1 rings (SSSR count). The van der Waals surface area contributed by atoms with Crippen molar-refractivity contribution in [2.45, 2.75) is 151 Å². The maximum atomic E-state index is 2.64. The molecule has 0 bridgehead atoms. The fraction of sp³-hybridized carbons (Fsp3) is 1.00. The van der Waals surface area contributed by atoms with Gasteiger partial charge in [-0.3, -0.25) is 0 Å². The zero-order chi connectivity index (χ0) is 19.5. The first kappa shape index (κ1) is 24.0. The van der Waals surface area contributed by atoms with Crippen molar-refractivity contribution in [3.8, 4) is 0 Å². The Bertz CT molecular complexity index is 315. The fourth-order valence-corrected chi connectivity index (χ4v) is 6.24. The Morgan fingerprint density at radius 3 is 1.31 bits per heavy atom. The second-order valence-electron chi connectivity index (χ2n) is 10.7. The van der Waals surface area contributed by atoms with Crippen molar-refractivity contribution in [1.82, 2.24) is 0 Å². The molecule has 0 radical (unpaired) electrons. The van der Waals surface area contributed by atoms with Gasteiger partial charge < -0.3 is 0 Å². The quantitative estimate of drug-likeness (QED) is 0.269. The molecule has 0 N–H and O–H groups in total. The molecule has 0 spiro atoms. The van der Waals surface area contributed by atoms with Crippen LogP contribution in [0.25, 0.3) is 0 Å². The summed E-state index contributed by atoms with van der Waals surface area (Å²) < 4.78 is 0. The van der Waals surface area contributed by atoms with Crippen LogP contribution < -0.4 is 0 Å². The number of hydrogen-bond acceptors (Lipinski definition) is 0. The van der Waals surface area contributed by atoms with E-state index in [0.29, 0.717) is 16.2 Å². The van der Waals surface area contributed by atoms with E-state index in [1.807, 2.05) is 0 Å². The molecule has 1 aliphatic carbocycles. The van der Waals surface area contributed by atoms with E-state index in [0.717, 1.165) is 0 Å². The fourth-order valence-electron chi connectivity index (χ4n) is 6.24. The van der Waals surface area contributed by atoms with Crippen molar-refractivity contribution in [3.63, 3.8) is 0 Å². The lowest BCUT2D eigenvalue weighted by Crippen LogP contribution is -2.50. The molecule has 0 saturated heterocycles. The van der Waals surface area contributed by atoms with Crippen LogP contribution in [0.3, 0.4) is 0 Å². The van der Waals surface area contributed by atoms with Gasteiger partial charge in [0, 0.05) is 0 Å². The molecular formula is C26H52. The predicted octanol–water partition coefficient (Wildman–Crippen LogP) is 9.71. The normalized spacial score (nSPS) is 18.2. The van der Waals surface area contributed by atoms with Gasteiger partial charge in [0.25, 0.3) is 0 Å². The summed E-state index contributed by atoms with van der Waals surface area (Å²) in [5.74, 6) is 0. The molecule has 0 nitrogen and oxygen atoms in total. The highest BCUT2D eigenvalue weighted by Gasteiger charge is 2.53. The van der Waals surface area contributed by atoms with Crippen LogP contribution in [0, 0.1) is 16.2 Å². The molecule has 0 heteroatoms. The van der Waals surface area contributed by atoms with Crippen LogP contribution in [-0.2, 0) is 0 Å². The summed E-state index contributed by atoms with van der Waals surface area (Å²) in [5.41, 5.74) is 1.55. The molecule has 0 aromatic heterocycles. The van der Waals surface area contributed by atoms with Crippen molar-refractivity contribution in [2.24, 2.45) is 16.2 Å². The van der Waals surface area contributed by atoms with E-state index in [9.17, 15) is 0 Å². The van der Waals surface area contributed by atoms with Gasteiger partial charge in [0.05, 0.1) is 0 Å². The number of hydrogen-bond donors (Lipinski definition) is 0. The van der Waals surface area contributed by atoms with Gasteiger partial charge in [-0.1, -0.05) is 125 Å². The van der Waals surface area contributed by atoms with Crippen LogP contribution in [0.1, 0.15) is 151 Å². The molecule has 0 aromatic rings. The second kappa shape index (κ2) is 11.8. The lowest BCUT2D eigenvalue weighted by atomic mass is 9.46. The highest BCUT2D eigenvalue weighted by atomic mass is 14.6. The van der Waals surface area contributed by atoms with E-state index < -0.39 is 0 Å². The standard InChI is InChI=1S/C26H52/c1-7-9-11-13-16-20-24(3,4)26(22-18-15-19-23-26)25(5,6)21-17-14-12-10-8-2/h7-23H2,1-6H3. The van der Waals surface area contributed by atoms with E-state index in [1.165, 1.54) is 109 Å². The average Bonchev–Trinajstić information content (AvgIpc) is 2.61. The minimum atomic E-state index is 0.493. The SMILES string of the molecule is CCCCCCCC(C)(C)C1(C(C)(C)CCCCCCC)CCCCC1. The first-order valence-electron chi connectivity index (χ1n) is 12.3. The Morgan fingerprint density at radius 2 is 0.923 bits per heavy atom.